The Labute approximate surface area is 28.1 Å². The Bertz CT molecular complexity index is 31.1. The lowest BCUT2D eigenvalue weighted by molar-refractivity contribution is -0.284. The van der Waals surface area contributed by atoms with E-state index in [1.807, 2.05) is 0 Å². The Morgan fingerprint density at radius 1 is 1.80 bits per heavy atom. The van der Waals surface area contributed by atoms with Gasteiger partial charge in [-0.2, -0.15) is 0 Å². The van der Waals surface area contributed by atoms with Crippen LogP contribution < -0.4 is 5.26 Å². The molecule has 0 saturated carbocycles. The van der Waals surface area contributed by atoms with Gasteiger partial charge in [-0.1, -0.05) is 10.2 Å². The highest BCUT2D eigenvalue weighted by atomic mass is 17.2. The summed E-state index contributed by atoms with van der Waals surface area (Å²) in [6.07, 6.45) is 0. The van der Waals surface area contributed by atoms with E-state index in [0.29, 0.717) is 0 Å². The molecule has 0 aromatic carbocycles. The predicted molar refractivity (Wildman–Crippen MR) is 13.4 cm³/mol. The molecule has 0 rings (SSSR count). The minimum Gasteiger partial charge on any atom is -0.202 e. The number of rotatable bonds is 0. The minimum atomic E-state index is 1.75. The second-order valence-electron chi connectivity index (χ2n) is 0.0680. The average Bonchev–Trinajstić information content (AvgIpc) is 1.46. The van der Waals surface area contributed by atoms with Crippen LogP contribution in [0.15, 0.2) is 0 Å². The van der Waals surface area contributed by atoms with Gasteiger partial charge in [0.15, 0.2) is 4.75 Å². The molecule has 4 nitrogen and oxygen atoms in total. The molecule has 0 radical (unpaired) electrons. The first kappa shape index (κ1) is 9.10. The molecule has 0 saturated heterocycles. The van der Waals surface area contributed by atoms with Gasteiger partial charge in [0.05, 0.1) is 0 Å². The molecule has 28 valence electrons. The van der Waals surface area contributed by atoms with Crippen LogP contribution in [-0.4, -0.2) is 0 Å². The number of hydrogen-bond acceptors (Lipinski definition) is 3. The summed E-state index contributed by atoms with van der Waals surface area (Å²) in [5, 5.41) is 14.4. The van der Waals surface area contributed by atoms with Crippen LogP contribution in [0.25, 0.3) is 0 Å². The molecule has 0 N–H and O–H groups in total. The van der Waals surface area contributed by atoms with Crippen LogP contribution in [0.5, 0.6) is 0 Å². The number of hydrogen-bond donors (Lipinski definition) is 0. The first-order valence-corrected chi connectivity index (χ1v) is 0.592. The first-order valence-electron chi connectivity index (χ1n) is 0.592. The number of nitriles is 1. The van der Waals surface area contributed by atoms with Crippen molar-refractivity contribution >= 4 is 0 Å². The van der Waals surface area contributed by atoms with E-state index >= 15 is 0 Å². The van der Waals surface area contributed by atoms with Gasteiger partial charge in [-0.3, -0.25) is 0 Å². The third-order valence-electron chi connectivity index (χ3n) is 0. The monoisotopic (exact) mass is 75.0 g/mol. The van der Waals surface area contributed by atoms with Gasteiger partial charge in [-0.25, -0.2) is 5.26 Å². The summed E-state index contributed by atoms with van der Waals surface area (Å²) in [6.45, 7) is 3.50. The fourth-order valence-corrected chi connectivity index (χ4v) is 0. The molecule has 0 heterocycles. The van der Waals surface area contributed by atoms with Crippen LogP contribution in [0, 0.1) is 21.5 Å². The predicted octanol–water partition coefficient (Wildman–Crippen LogP) is -0.982. The van der Waals surface area contributed by atoms with E-state index in [9.17, 15) is 0 Å². The van der Waals surface area contributed by atoms with Gasteiger partial charge >= 0.3 is 0 Å². The molecule has 0 amide bonds. The van der Waals surface area contributed by atoms with E-state index < -0.39 is 0 Å². The molecule has 0 atom stereocenters. The molecule has 5 heavy (non-hydrogen) atoms. The van der Waals surface area contributed by atoms with E-state index in [2.05, 4.69) is 6.57 Å². The zero-order chi connectivity index (χ0) is 4.71. The van der Waals surface area contributed by atoms with Crippen LogP contribution >= 0.6 is 0 Å². The molecular formula is CHNO3. The fourth-order valence-electron chi connectivity index (χ4n) is 0. The zero-order valence-electron chi connectivity index (χ0n) is 2.25. The average molecular weight is 75.0 g/mol. The lowest BCUT2D eigenvalue weighted by Crippen LogP contribution is -1.82. The maximum Gasteiger partial charge on any atom is 0.154 e. The third kappa shape index (κ3) is 1.86. The molecule has 0 aliphatic rings. The van der Waals surface area contributed by atoms with Crippen LogP contribution in [0.1, 0.15) is 0 Å². The van der Waals surface area contributed by atoms with Crippen molar-refractivity contribution < 1.29 is 5.26 Å². The highest BCUT2D eigenvalue weighted by Gasteiger charge is 1.27. The van der Waals surface area contributed by atoms with E-state index in [1.165, 1.54) is 0 Å². The Balaban J connectivity index is 0. The summed E-state index contributed by atoms with van der Waals surface area (Å²) < 4.78 is 1.75. The Morgan fingerprint density at radius 2 is 1.80 bits per heavy atom. The largest absolute Gasteiger partial charge is 0.202 e. The smallest absolute Gasteiger partial charge is 0.154 e. The first-order chi connectivity index (χ1) is 2.41. The molecule has 0 spiro atoms. The normalized spacial score (nSPS) is 2.80. The summed E-state index contributed by atoms with van der Waals surface area (Å²) in [4.78, 5) is 7.88. The molecule has 0 aromatic heterocycles. The summed E-state index contributed by atoms with van der Waals surface area (Å²) in [7, 11) is 0. The topological polar surface area (TPSA) is 75.2 Å². The van der Waals surface area contributed by atoms with E-state index in [-0.39, 0.29) is 0 Å². The molecule has 0 aromatic rings. The molecule has 0 bridgehead atoms. The number of nitrogens with zero attached hydrogens (tertiary/aromatic N) is 1. The summed E-state index contributed by atoms with van der Waals surface area (Å²) in [5.41, 5.74) is 0. The zero-order valence-corrected chi connectivity index (χ0v) is 2.25. The molecule has 4 heteroatoms. The van der Waals surface area contributed by atoms with Gasteiger partial charge in [0.2, 0.25) is 0 Å². The van der Waals surface area contributed by atoms with E-state index in [1.54, 1.807) is 4.75 Å². The Morgan fingerprint density at radius 3 is 1.80 bits per heavy atom. The Hall–Kier alpha value is -1.11. The maximum atomic E-state index is 7.88. The molecule has 0 aliphatic heterocycles. The molecule has 0 unspecified atom stereocenters. The van der Waals surface area contributed by atoms with Crippen LogP contribution in [0.3, 0.4) is 0 Å². The Kier molecular flexibility index (Phi) is 1550. The molecular weight excluding hydrogens is 74.0 g/mol. The highest BCUT2D eigenvalue weighted by molar-refractivity contribution is 4.20. The van der Waals surface area contributed by atoms with Gasteiger partial charge in [0.1, 0.15) is 0 Å². The lowest BCUT2D eigenvalue weighted by Gasteiger charge is -1.19. The molecule has 0 aliphatic carbocycles. The maximum absolute atomic E-state index is 7.88. The van der Waals surface area contributed by atoms with Crippen molar-refractivity contribution in [2.24, 2.45) is 0 Å². The van der Waals surface area contributed by atoms with Gasteiger partial charge in [0.25, 0.3) is 0 Å². The van der Waals surface area contributed by atoms with E-state index in [4.69, 9.17) is 15.5 Å². The minimum absolute atomic E-state index is 1.75. The van der Waals surface area contributed by atoms with Crippen molar-refractivity contribution in [3.05, 3.63) is 9.71 Å². The van der Waals surface area contributed by atoms with Crippen LogP contribution in [-0.2, 0) is 0 Å². The van der Waals surface area contributed by atoms with Crippen molar-refractivity contribution in [3.8, 4) is 6.57 Å². The summed E-state index contributed by atoms with van der Waals surface area (Å²) >= 11 is 0. The highest BCUT2D eigenvalue weighted by Crippen LogP contribution is 1.00. The SMILES string of the molecule is C#N.O=[O+][O-]. The fraction of sp³-hybridized carbons (Fsp3) is 0. The second kappa shape index (κ2) is 853. The van der Waals surface area contributed by atoms with Crippen LogP contribution in [0.4, 0.5) is 0 Å². The third-order valence-corrected chi connectivity index (χ3v) is 0. The summed E-state index contributed by atoms with van der Waals surface area (Å²) in [6, 6.07) is 0. The van der Waals surface area contributed by atoms with Crippen molar-refractivity contribution in [2.45, 2.75) is 0 Å². The summed E-state index contributed by atoms with van der Waals surface area (Å²) in [5.74, 6) is 0. The van der Waals surface area contributed by atoms with Gasteiger partial charge < -0.3 is 0 Å². The van der Waals surface area contributed by atoms with Gasteiger partial charge in [0, 0.05) is 6.57 Å². The van der Waals surface area contributed by atoms with Crippen molar-refractivity contribution in [2.75, 3.05) is 0 Å². The standard InChI is InChI=1S/CHN.O3/c1-2;1-3-2/h1H;. The van der Waals surface area contributed by atoms with Gasteiger partial charge in [-0.15, -0.1) is 0 Å². The second-order valence-corrected chi connectivity index (χ2v) is 0.0680. The van der Waals surface area contributed by atoms with E-state index in [0.717, 1.165) is 0 Å². The quantitative estimate of drug-likeness (QED) is 0.211. The van der Waals surface area contributed by atoms with Crippen molar-refractivity contribution in [3.63, 3.8) is 0 Å². The molecule has 0 fully saturated rings. The van der Waals surface area contributed by atoms with Gasteiger partial charge in [-0.05, 0) is 0 Å². The van der Waals surface area contributed by atoms with Crippen LogP contribution in [0.2, 0.25) is 0 Å². The van der Waals surface area contributed by atoms with Crippen molar-refractivity contribution in [1.82, 2.24) is 0 Å². The van der Waals surface area contributed by atoms with Crippen molar-refractivity contribution in [1.29, 1.82) is 5.26 Å². The lowest BCUT2D eigenvalue weighted by atomic mass is 11.9.